The van der Waals surface area contributed by atoms with Gasteiger partial charge in [-0.05, 0) is 0 Å². The van der Waals surface area contributed by atoms with E-state index in [2.05, 4.69) is 20.7 Å². The van der Waals surface area contributed by atoms with Crippen molar-refractivity contribution >= 4 is 21.9 Å². The fraction of sp³-hybridized carbons (Fsp3) is 0.889. The molecule has 1 fully saturated rings. The summed E-state index contributed by atoms with van der Waals surface area (Å²) >= 11 is 2.64. The summed E-state index contributed by atoms with van der Waals surface area (Å²) in [7, 11) is 0. The molecule has 0 aliphatic carbocycles. The monoisotopic (exact) mass is 396 g/mol. The lowest BCUT2D eigenvalue weighted by Crippen LogP contribution is -2.61. The molecule has 0 radical (unpaired) electrons. The second-order valence-electron chi connectivity index (χ2n) is 4.32. The van der Waals surface area contributed by atoms with Crippen LogP contribution in [-0.2, 0) is 9.53 Å². The summed E-state index contributed by atoms with van der Waals surface area (Å²) in [6.45, 7) is 0. The van der Waals surface area contributed by atoms with E-state index in [0.29, 0.717) is 0 Å². The quantitative estimate of drug-likeness (QED) is 0.409. The maximum absolute atomic E-state index is 13.2. The van der Waals surface area contributed by atoms with Crippen LogP contribution in [0.2, 0.25) is 0 Å². The molecule has 0 aromatic heterocycles. The SMILES string of the molecule is O=C1OC(CC(F)(F)C(F)(F)C(F)(F)C(F)(F)F)CC1Br. The highest BCUT2D eigenvalue weighted by Crippen LogP contribution is 2.54. The van der Waals surface area contributed by atoms with Gasteiger partial charge in [0.2, 0.25) is 0 Å². The lowest BCUT2D eigenvalue weighted by molar-refractivity contribution is -0.398. The second-order valence-corrected chi connectivity index (χ2v) is 5.42. The van der Waals surface area contributed by atoms with E-state index in [1.54, 1.807) is 0 Å². The molecule has 124 valence electrons. The highest BCUT2D eigenvalue weighted by Gasteiger charge is 2.81. The van der Waals surface area contributed by atoms with E-state index in [9.17, 15) is 44.3 Å². The Bertz CT molecular complexity index is 420. The van der Waals surface area contributed by atoms with Crippen LogP contribution in [0.25, 0.3) is 0 Å². The summed E-state index contributed by atoms with van der Waals surface area (Å²) in [5, 5.41) is 0. The predicted molar refractivity (Wildman–Crippen MR) is 52.7 cm³/mol. The number of carbonyl (C=O) groups excluding carboxylic acids is 1. The minimum atomic E-state index is -6.93. The van der Waals surface area contributed by atoms with Crippen LogP contribution in [0.1, 0.15) is 12.8 Å². The van der Waals surface area contributed by atoms with E-state index < -0.39 is 53.7 Å². The molecule has 0 saturated carbocycles. The number of cyclic esters (lactones) is 1. The van der Waals surface area contributed by atoms with Crippen molar-refractivity contribution in [3.63, 3.8) is 0 Å². The van der Waals surface area contributed by atoms with Crippen LogP contribution in [0.15, 0.2) is 0 Å². The molecule has 12 heteroatoms. The van der Waals surface area contributed by atoms with E-state index in [0.717, 1.165) is 0 Å². The van der Waals surface area contributed by atoms with Crippen LogP contribution in [0.4, 0.5) is 39.5 Å². The van der Waals surface area contributed by atoms with E-state index in [4.69, 9.17) is 0 Å². The van der Waals surface area contributed by atoms with Gasteiger partial charge in [0.05, 0.1) is 6.42 Å². The number of ether oxygens (including phenoxy) is 1. The van der Waals surface area contributed by atoms with Crippen molar-refractivity contribution in [2.24, 2.45) is 0 Å². The third-order valence-electron chi connectivity index (χ3n) is 2.70. The molecule has 0 amide bonds. The molecule has 1 aliphatic heterocycles. The van der Waals surface area contributed by atoms with Gasteiger partial charge in [0.1, 0.15) is 10.9 Å². The van der Waals surface area contributed by atoms with Crippen LogP contribution < -0.4 is 0 Å². The summed E-state index contributed by atoms with van der Waals surface area (Å²) in [6.07, 6.45) is -11.5. The number of alkyl halides is 10. The molecule has 0 spiro atoms. The standard InChI is InChI=1S/C9H6BrF9O2/c10-4-1-3(21-5(4)20)2-6(11,12)7(13,14)8(15,16)9(17,18)19/h3-4H,1-2H2. The Morgan fingerprint density at radius 1 is 1.00 bits per heavy atom. The van der Waals surface area contributed by atoms with Gasteiger partial charge in [-0.3, -0.25) is 4.79 Å². The van der Waals surface area contributed by atoms with E-state index in [1.807, 2.05) is 0 Å². The van der Waals surface area contributed by atoms with Crippen molar-refractivity contribution in [3.05, 3.63) is 0 Å². The van der Waals surface area contributed by atoms with Crippen LogP contribution in [0.3, 0.4) is 0 Å². The molecule has 0 aromatic rings. The van der Waals surface area contributed by atoms with Gasteiger partial charge in [0.25, 0.3) is 0 Å². The first-order valence-corrected chi connectivity index (χ1v) is 6.10. The molecule has 0 bridgehead atoms. The minimum Gasteiger partial charge on any atom is -0.461 e. The molecule has 0 N–H and O–H groups in total. The predicted octanol–water partition coefficient (Wildman–Crippen LogP) is 3.92. The normalized spacial score (nSPS) is 25.1. The number of rotatable bonds is 4. The summed E-state index contributed by atoms with van der Waals surface area (Å²) < 4.78 is 117. The third-order valence-corrected chi connectivity index (χ3v) is 3.45. The van der Waals surface area contributed by atoms with Gasteiger partial charge in [-0.15, -0.1) is 0 Å². The highest BCUT2D eigenvalue weighted by atomic mass is 79.9. The lowest BCUT2D eigenvalue weighted by atomic mass is 9.97. The average Bonchev–Trinajstić information content (AvgIpc) is 2.54. The van der Waals surface area contributed by atoms with Crippen LogP contribution in [-0.4, -0.2) is 40.8 Å². The Morgan fingerprint density at radius 2 is 1.48 bits per heavy atom. The summed E-state index contributed by atoms with van der Waals surface area (Å²) in [6, 6.07) is 0. The maximum atomic E-state index is 13.2. The Morgan fingerprint density at radius 3 is 1.81 bits per heavy atom. The van der Waals surface area contributed by atoms with Crippen molar-refractivity contribution in [3.8, 4) is 0 Å². The highest BCUT2D eigenvalue weighted by molar-refractivity contribution is 9.10. The zero-order valence-electron chi connectivity index (χ0n) is 9.67. The number of carbonyl (C=O) groups is 1. The van der Waals surface area contributed by atoms with Gasteiger partial charge < -0.3 is 4.74 Å². The molecule has 2 nitrogen and oxygen atoms in total. The zero-order chi connectivity index (χ0) is 16.9. The Balaban J connectivity index is 2.98. The first-order valence-electron chi connectivity index (χ1n) is 5.18. The lowest BCUT2D eigenvalue weighted by Gasteiger charge is -2.34. The minimum absolute atomic E-state index is 0.553. The van der Waals surface area contributed by atoms with Gasteiger partial charge >= 0.3 is 29.9 Å². The van der Waals surface area contributed by atoms with Crippen molar-refractivity contribution in [2.45, 2.75) is 47.7 Å². The molecule has 2 atom stereocenters. The van der Waals surface area contributed by atoms with Gasteiger partial charge in [-0.25, -0.2) is 0 Å². The topological polar surface area (TPSA) is 26.3 Å². The Labute approximate surface area is 119 Å². The van der Waals surface area contributed by atoms with Crippen molar-refractivity contribution in [1.82, 2.24) is 0 Å². The number of hydrogen-bond donors (Lipinski definition) is 0. The van der Waals surface area contributed by atoms with Gasteiger partial charge in [-0.1, -0.05) is 15.9 Å². The van der Waals surface area contributed by atoms with Crippen LogP contribution in [0, 0.1) is 0 Å². The van der Waals surface area contributed by atoms with Crippen molar-refractivity contribution in [2.75, 3.05) is 0 Å². The van der Waals surface area contributed by atoms with Gasteiger partial charge in [-0.2, -0.15) is 39.5 Å². The molecular formula is C9H6BrF9O2. The second kappa shape index (κ2) is 5.20. The Kier molecular flexibility index (Phi) is 4.55. The number of hydrogen-bond acceptors (Lipinski definition) is 2. The third kappa shape index (κ3) is 3.09. The number of halogens is 10. The van der Waals surface area contributed by atoms with E-state index in [-0.39, 0.29) is 0 Å². The molecule has 1 aliphatic rings. The van der Waals surface area contributed by atoms with Gasteiger partial charge in [0.15, 0.2) is 0 Å². The summed E-state index contributed by atoms with van der Waals surface area (Å²) in [5.74, 6) is -20.4. The van der Waals surface area contributed by atoms with E-state index >= 15 is 0 Å². The maximum Gasteiger partial charge on any atom is 0.460 e. The molecule has 2 unspecified atom stereocenters. The molecule has 1 saturated heterocycles. The molecule has 1 rings (SSSR count). The van der Waals surface area contributed by atoms with Crippen molar-refractivity contribution in [1.29, 1.82) is 0 Å². The number of esters is 1. The van der Waals surface area contributed by atoms with Crippen LogP contribution >= 0.6 is 15.9 Å². The van der Waals surface area contributed by atoms with Crippen LogP contribution in [0.5, 0.6) is 0 Å². The molecule has 21 heavy (non-hydrogen) atoms. The fourth-order valence-electron chi connectivity index (χ4n) is 1.56. The summed E-state index contributed by atoms with van der Waals surface area (Å²) in [5.41, 5.74) is 0. The first kappa shape index (κ1) is 18.4. The molecular weight excluding hydrogens is 391 g/mol. The van der Waals surface area contributed by atoms with Gasteiger partial charge in [0, 0.05) is 6.42 Å². The molecule has 1 heterocycles. The average molecular weight is 397 g/mol. The molecule has 0 aromatic carbocycles. The smallest absolute Gasteiger partial charge is 0.460 e. The fourth-order valence-corrected chi connectivity index (χ4v) is 2.08. The Hall–Kier alpha value is -0.680. The first-order chi connectivity index (χ1) is 9.13. The largest absolute Gasteiger partial charge is 0.461 e. The van der Waals surface area contributed by atoms with E-state index in [1.165, 1.54) is 0 Å². The summed E-state index contributed by atoms with van der Waals surface area (Å²) in [4.78, 5) is 9.73. The van der Waals surface area contributed by atoms with Crippen molar-refractivity contribution < 1.29 is 49.0 Å². The zero-order valence-corrected chi connectivity index (χ0v) is 11.3.